The van der Waals surface area contributed by atoms with Crippen LogP contribution in [0.4, 0.5) is 8.78 Å². The van der Waals surface area contributed by atoms with E-state index < -0.39 is 41.1 Å². The van der Waals surface area contributed by atoms with Gasteiger partial charge in [-0.15, -0.1) is 0 Å². The number of carboxylic acid groups (broad SMARTS) is 1. The lowest BCUT2D eigenvalue weighted by atomic mass is 9.68. The van der Waals surface area contributed by atoms with Gasteiger partial charge in [-0.05, 0) is 41.7 Å². The van der Waals surface area contributed by atoms with E-state index in [1.54, 1.807) is 24.3 Å². The van der Waals surface area contributed by atoms with E-state index in [1.807, 2.05) is 20.8 Å². The molecule has 30 heavy (non-hydrogen) atoms. The third kappa shape index (κ3) is 4.19. The van der Waals surface area contributed by atoms with E-state index in [-0.39, 0.29) is 16.0 Å². The monoisotopic (exact) mass is 456 g/mol. The van der Waals surface area contributed by atoms with Crippen LogP contribution >= 0.6 is 23.2 Å². The zero-order valence-electron chi connectivity index (χ0n) is 16.8. The van der Waals surface area contributed by atoms with Crippen molar-refractivity contribution in [2.24, 2.45) is 11.1 Å². The van der Waals surface area contributed by atoms with Crippen molar-refractivity contribution in [2.45, 2.75) is 50.7 Å². The average Bonchev–Trinajstić information content (AvgIpc) is 2.85. The predicted octanol–water partition coefficient (Wildman–Crippen LogP) is 5.07. The zero-order chi connectivity index (χ0) is 22.4. The van der Waals surface area contributed by atoms with Gasteiger partial charge in [-0.3, -0.25) is 10.1 Å². The fourth-order valence-corrected chi connectivity index (χ4v) is 4.84. The van der Waals surface area contributed by atoms with Crippen molar-refractivity contribution in [3.8, 4) is 0 Å². The second-order valence-corrected chi connectivity index (χ2v) is 9.88. The Morgan fingerprint density at radius 2 is 1.77 bits per heavy atom. The summed E-state index contributed by atoms with van der Waals surface area (Å²) >= 11 is 12.0. The smallest absolute Gasteiger partial charge is 0.321 e. The molecule has 2 aromatic rings. The van der Waals surface area contributed by atoms with Crippen LogP contribution in [-0.4, -0.2) is 23.2 Å². The molecular formula is C22H24Cl2F2N2O2. The summed E-state index contributed by atoms with van der Waals surface area (Å²) in [5.41, 5.74) is 4.93. The van der Waals surface area contributed by atoms with Crippen molar-refractivity contribution in [1.82, 2.24) is 5.32 Å². The summed E-state index contributed by atoms with van der Waals surface area (Å²) in [6.07, 6.45) is 0.381. The maximum Gasteiger partial charge on any atom is 0.321 e. The molecule has 0 bridgehead atoms. The lowest BCUT2D eigenvalue weighted by Crippen LogP contribution is -2.53. The Labute approximate surface area is 184 Å². The van der Waals surface area contributed by atoms with E-state index >= 15 is 8.78 Å². The van der Waals surface area contributed by atoms with Gasteiger partial charge >= 0.3 is 5.97 Å². The van der Waals surface area contributed by atoms with Crippen LogP contribution in [0.5, 0.6) is 0 Å². The van der Waals surface area contributed by atoms with E-state index in [9.17, 15) is 9.90 Å². The first-order chi connectivity index (χ1) is 13.8. The maximum absolute atomic E-state index is 15.1. The van der Waals surface area contributed by atoms with Crippen molar-refractivity contribution in [2.75, 3.05) is 0 Å². The summed E-state index contributed by atoms with van der Waals surface area (Å²) in [7, 11) is 0. The van der Waals surface area contributed by atoms with Gasteiger partial charge in [-0.2, -0.15) is 0 Å². The highest BCUT2D eigenvalue weighted by atomic mass is 35.5. The minimum atomic E-state index is -1.71. The Morgan fingerprint density at radius 3 is 2.27 bits per heavy atom. The van der Waals surface area contributed by atoms with Gasteiger partial charge in [0.2, 0.25) is 0 Å². The van der Waals surface area contributed by atoms with Crippen LogP contribution < -0.4 is 11.1 Å². The SMILES string of the molecule is CC(C)(C)C[C@@H]1N[C@@H](C(=O)O)[C@H](c2cccc(Cl)c2)[C@@]1(N)c1c(F)cc(Cl)cc1F. The Hall–Kier alpha value is -1.73. The Bertz CT molecular complexity index is 957. The largest absolute Gasteiger partial charge is 0.480 e. The number of nitrogens with one attached hydrogen (secondary N) is 1. The number of carbonyl (C=O) groups is 1. The number of benzene rings is 2. The molecule has 3 rings (SSSR count). The Kier molecular flexibility index (Phi) is 6.18. The Balaban J connectivity index is 2.31. The van der Waals surface area contributed by atoms with Crippen molar-refractivity contribution in [3.05, 3.63) is 69.2 Å². The van der Waals surface area contributed by atoms with Crippen molar-refractivity contribution >= 4 is 29.2 Å². The zero-order valence-corrected chi connectivity index (χ0v) is 18.4. The number of aliphatic carboxylic acids is 1. The molecule has 162 valence electrons. The van der Waals surface area contributed by atoms with Crippen LogP contribution in [-0.2, 0) is 10.3 Å². The van der Waals surface area contributed by atoms with Crippen LogP contribution in [0.15, 0.2) is 36.4 Å². The van der Waals surface area contributed by atoms with E-state index in [2.05, 4.69) is 5.32 Å². The number of carboxylic acids is 1. The minimum Gasteiger partial charge on any atom is -0.480 e. The molecule has 0 aliphatic carbocycles. The van der Waals surface area contributed by atoms with Gasteiger partial charge in [0.25, 0.3) is 0 Å². The summed E-state index contributed by atoms with van der Waals surface area (Å²) in [6.45, 7) is 5.85. The molecule has 4 nitrogen and oxygen atoms in total. The summed E-state index contributed by atoms with van der Waals surface area (Å²) in [5, 5.41) is 13.2. The van der Waals surface area contributed by atoms with Gasteiger partial charge in [0, 0.05) is 27.6 Å². The fraction of sp³-hybridized carbons (Fsp3) is 0.409. The molecule has 1 fully saturated rings. The van der Waals surface area contributed by atoms with Crippen molar-refractivity contribution in [1.29, 1.82) is 0 Å². The standard InChI is InChI=1S/C22H24Cl2F2N2O2/c1-21(2,3)10-16-22(27,18-14(25)8-13(24)9-15(18)26)17(19(28-16)20(29)30)11-5-4-6-12(23)7-11/h4-9,16-17,19,28H,10,27H2,1-3H3,(H,29,30)/t16-,17-,19+,22+/m0/s1. The maximum atomic E-state index is 15.1. The van der Waals surface area contributed by atoms with Crippen LogP contribution in [0.3, 0.4) is 0 Å². The van der Waals surface area contributed by atoms with Crippen LogP contribution in [0.25, 0.3) is 0 Å². The second-order valence-electron chi connectivity index (χ2n) is 9.01. The highest BCUT2D eigenvalue weighted by Gasteiger charge is 2.58. The van der Waals surface area contributed by atoms with Gasteiger partial charge < -0.3 is 10.8 Å². The van der Waals surface area contributed by atoms with Gasteiger partial charge in [-0.25, -0.2) is 8.78 Å². The first-order valence-electron chi connectivity index (χ1n) is 9.53. The molecule has 1 heterocycles. The molecule has 2 aromatic carbocycles. The van der Waals surface area contributed by atoms with Crippen LogP contribution in [0.2, 0.25) is 10.0 Å². The topological polar surface area (TPSA) is 75.3 Å². The molecule has 4 atom stereocenters. The van der Waals surface area contributed by atoms with E-state index in [0.717, 1.165) is 12.1 Å². The highest BCUT2D eigenvalue weighted by Crippen LogP contribution is 2.49. The van der Waals surface area contributed by atoms with Gasteiger partial charge in [0.1, 0.15) is 17.7 Å². The molecule has 8 heteroatoms. The van der Waals surface area contributed by atoms with Gasteiger partial charge in [0.05, 0.1) is 5.54 Å². The molecule has 0 amide bonds. The molecule has 1 aliphatic rings. The predicted molar refractivity (Wildman–Crippen MR) is 114 cm³/mol. The lowest BCUT2D eigenvalue weighted by molar-refractivity contribution is -0.139. The first kappa shape index (κ1) is 22.9. The summed E-state index contributed by atoms with van der Waals surface area (Å²) in [4.78, 5) is 12.2. The quantitative estimate of drug-likeness (QED) is 0.599. The van der Waals surface area contributed by atoms with E-state index in [1.165, 1.54) is 0 Å². The minimum absolute atomic E-state index is 0.107. The third-order valence-corrected chi connectivity index (χ3v) is 5.99. The molecule has 0 radical (unpaired) electrons. The summed E-state index contributed by atoms with van der Waals surface area (Å²) < 4.78 is 30.2. The molecule has 4 N–H and O–H groups in total. The number of nitrogens with two attached hydrogens (primary N) is 1. The highest BCUT2D eigenvalue weighted by molar-refractivity contribution is 6.30. The summed E-state index contributed by atoms with van der Waals surface area (Å²) in [6, 6.07) is 6.62. The van der Waals surface area contributed by atoms with Crippen LogP contribution in [0.1, 0.15) is 44.2 Å². The lowest BCUT2D eigenvalue weighted by Gasteiger charge is -2.39. The van der Waals surface area contributed by atoms with E-state index in [0.29, 0.717) is 17.0 Å². The molecule has 1 saturated heterocycles. The van der Waals surface area contributed by atoms with Crippen LogP contribution in [0, 0.1) is 17.0 Å². The average molecular weight is 457 g/mol. The molecule has 0 saturated carbocycles. The number of halogens is 4. The Morgan fingerprint density at radius 1 is 1.17 bits per heavy atom. The third-order valence-electron chi connectivity index (χ3n) is 5.54. The van der Waals surface area contributed by atoms with E-state index in [4.69, 9.17) is 28.9 Å². The molecule has 0 spiro atoms. The van der Waals surface area contributed by atoms with Gasteiger partial charge in [0.15, 0.2) is 0 Å². The fourth-order valence-electron chi connectivity index (χ4n) is 4.45. The number of hydrogen-bond acceptors (Lipinski definition) is 3. The molecular weight excluding hydrogens is 433 g/mol. The van der Waals surface area contributed by atoms with Crippen molar-refractivity contribution in [3.63, 3.8) is 0 Å². The second kappa shape index (κ2) is 8.08. The first-order valence-corrected chi connectivity index (χ1v) is 10.3. The van der Waals surface area contributed by atoms with Crippen molar-refractivity contribution < 1.29 is 18.7 Å². The number of rotatable bonds is 4. The van der Waals surface area contributed by atoms with Gasteiger partial charge in [-0.1, -0.05) is 56.1 Å². The summed E-state index contributed by atoms with van der Waals surface area (Å²) in [5.74, 6) is -3.98. The number of hydrogen-bond donors (Lipinski definition) is 3. The molecule has 0 aromatic heterocycles. The molecule has 1 aliphatic heterocycles. The normalized spacial score (nSPS) is 26.7. The molecule has 0 unspecified atom stereocenters.